The molecule has 5 heteroatoms. The van der Waals surface area contributed by atoms with Crippen LogP contribution in [0.25, 0.3) is 0 Å². The Morgan fingerprint density at radius 1 is 1.35 bits per heavy atom. The summed E-state index contributed by atoms with van der Waals surface area (Å²) in [5.41, 5.74) is 6.22. The molecule has 0 bridgehead atoms. The van der Waals surface area contributed by atoms with Crippen LogP contribution in [-0.4, -0.2) is 10.1 Å². The average Bonchev–Trinajstić information content (AvgIpc) is 2.69. The summed E-state index contributed by atoms with van der Waals surface area (Å²) in [6, 6.07) is 7.59. The van der Waals surface area contributed by atoms with Gasteiger partial charge >= 0.3 is 0 Å². The van der Waals surface area contributed by atoms with Gasteiger partial charge in [-0.05, 0) is 25.5 Å². The van der Waals surface area contributed by atoms with Crippen LogP contribution in [0.5, 0.6) is 0 Å². The van der Waals surface area contributed by atoms with Crippen LogP contribution in [0.1, 0.15) is 31.1 Å². The van der Waals surface area contributed by atoms with Crippen molar-refractivity contribution in [2.75, 3.05) is 0 Å². The van der Waals surface area contributed by atoms with E-state index in [1.807, 2.05) is 38.1 Å². The number of rotatable bonds is 3. The van der Waals surface area contributed by atoms with Crippen LogP contribution in [0.15, 0.2) is 28.8 Å². The molecule has 90 valence electrons. The van der Waals surface area contributed by atoms with Gasteiger partial charge in [0.1, 0.15) is 0 Å². The molecule has 0 aliphatic carbocycles. The molecule has 0 unspecified atom stereocenters. The van der Waals surface area contributed by atoms with E-state index >= 15 is 0 Å². The monoisotopic (exact) mass is 251 g/mol. The topological polar surface area (TPSA) is 64.9 Å². The van der Waals surface area contributed by atoms with Crippen LogP contribution in [0.4, 0.5) is 0 Å². The van der Waals surface area contributed by atoms with Crippen LogP contribution >= 0.6 is 11.6 Å². The van der Waals surface area contributed by atoms with Gasteiger partial charge in [-0.2, -0.15) is 4.98 Å². The molecular formula is C12H14ClN3O. The number of nitrogens with two attached hydrogens (primary N) is 1. The fourth-order valence-corrected chi connectivity index (χ4v) is 1.60. The molecule has 2 N–H and O–H groups in total. The average molecular weight is 252 g/mol. The zero-order chi connectivity index (χ0) is 12.5. The Hall–Kier alpha value is -1.39. The number of halogens is 1. The maximum absolute atomic E-state index is 6.06. The van der Waals surface area contributed by atoms with Gasteiger partial charge in [0.05, 0.1) is 5.54 Å². The van der Waals surface area contributed by atoms with E-state index in [4.69, 9.17) is 21.9 Å². The summed E-state index contributed by atoms with van der Waals surface area (Å²) in [6.45, 7) is 3.64. The third-order valence-corrected chi connectivity index (χ3v) is 2.69. The summed E-state index contributed by atoms with van der Waals surface area (Å²) in [7, 11) is 0. The van der Waals surface area contributed by atoms with Gasteiger partial charge in [-0.3, -0.25) is 0 Å². The minimum absolute atomic E-state index is 0.430. The molecule has 0 fully saturated rings. The second-order valence-electron chi connectivity index (χ2n) is 4.51. The molecule has 0 saturated heterocycles. The Balaban J connectivity index is 2.21. The molecule has 0 aliphatic heterocycles. The maximum Gasteiger partial charge on any atom is 0.246 e. The summed E-state index contributed by atoms with van der Waals surface area (Å²) in [4.78, 5) is 4.26. The Labute approximate surface area is 105 Å². The van der Waals surface area contributed by atoms with Gasteiger partial charge in [0, 0.05) is 11.4 Å². The number of aromatic nitrogens is 2. The van der Waals surface area contributed by atoms with Crippen molar-refractivity contribution in [2.24, 2.45) is 5.73 Å². The van der Waals surface area contributed by atoms with E-state index in [-0.39, 0.29) is 0 Å². The molecule has 1 aromatic carbocycles. The Morgan fingerprint density at radius 3 is 2.65 bits per heavy atom. The van der Waals surface area contributed by atoms with Crippen molar-refractivity contribution in [3.8, 4) is 0 Å². The molecule has 0 aliphatic rings. The summed E-state index contributed by atoms with van der Waals surface area (Å²) < 4.78 is 5.11. The highest BCUT2D eigenvalue weighted by molar-refractivity contribution is 6.31. The molecule has 0 saturated carbocycles. The first kappa shape index (κ1) is 12.1. The summed E-state index contributed by atoms with van der Waals surface area (Å²) in [5.74, 6) is 1.02. The van der Waals surface area contributed by atoms with E-state index in [9.17, 15) is 0 Å². The fourth-order valence-electron chi connectivity index (χ4n) is 1.40. The first-order valence-corrected chi connectivity index (χ1v) is 5.70. The SMILES string of the molecule is CC(C)(N)c1nc(Cc2ccccc2Cl)no1. The van der Waals surface area contributed by atoms with Gasteiger partial charge < -0.3 is 10.3 Å². The van der Waals surface area contributed by atoms with E-state index < -0.39 is 5.54 Å². The van der Waals surface area contributed by atoms with Crippen molar-refractivity contribution >= 4 is 11.6 Å². The maximum atomic E-state index is 6.06. The van der Waals surface area contributed by atoms with Crippen molar-refractivity contribution in [1.82, 2.24) is 10.1 Å². The largest absolute Gasteiger partial charge is 0.337 e. The minimum Gasteiger partial charge on any atom is -0.337 e. The van der Waals surface area contributed by atoms with Gasteiger partial charge in [0.2, 0.25) is 5.89 Å². The predicted molar refractivity (Wildman–Crippen MR) is 65.8 cm³/mol. The van der Waals surface area contributed by atoms with Gasteiger partial charge in [-0.1, -0.05) is 35.0 Å². The first-order valence-electron chi connectivity index (χ1n) is 5.32. The van der Waals surface area contributed by atoms with Crippen molar-refractivity contribution < 1.29 is 4.52 Å². The standard InChI is InChI=1S/C12H14ClN3O/c1-12(2,14)11-15-10(16-17-11)7-8-5-3-4-6-9(8)13/h3-6H,7,14H2,1-2H3. The van der Waals surface area contributed by atoms with Crippen molar-refractivity contribution in [3.63, 3.8) is 0 Å². The fraction of sp³-hybridized carbons (Fsp3) is 0.333. The molecule has 1 heterocycles. The molecule has 0 spiro atoms. The van der Waals surface area contributed by atoms with Gasteiger partial charge in [0.15, 0.2) is 5.82 Å². The number of nitrogens with zero attached hydrogens (tertiary/aromatic N) is 2. The van der Waals surface area contributed by atoms with Crippen LogP contribution < -0.4 is 5.73 Å². The zero-order valence-electron chi connectivity index (χ0n) is 9.77. The molecule has 17 heavy (non-hydrogen) atoms. The highest BCUT2D eigenvalue weighted by atomic mass is 35.5. The molecule has 4 nitrogen and oxygen atoms in total. The normalized spacial score (nSPS) is 11.8. The lowest BCUT2D eigenvalue weighted by atomic mass is 10.1. The zero-order valence-corrected chi connectivity index (χ0v) is 10.5. The Kier molecular flexibility index (Phi) is 3.17. The van der Waals surface area contributed by atoms with Crippen LogP contribution in [0, 0.1) is 0 Å². The molecule has 0 radical (unpaired) electrons. The Bertz CT molecular complexity index is 516. The van der Waals surface area contributed by atoms with Gasteiger partial charge in [0.25, 0.3) is 0 Å². The second kappa shape index (κ2) is 4.47. The molecular weight excluding hydrogens is 238 g/mol. The lowest BCUT2D eigenvalue weighted by Gasteiger charge is -2.10. The quantitative estimate of drug-likeness (QED) is 0.910. The van der Waals surface area contributed by atoms with Crippen molar-refractivity contribution in [3.05, 3.63) is 46.6 Å². The summed E-state index contributed by atoms with van der Waals surface area (Å²) in [6.07, 6.45) is 0.541. The van der Waals surface area contributed by atoms with Crippen molar-refractivity contribution in [1.29, 1.82) is 0 Å². The summed E-state index contributed by atoms with van der Waals surface area (Å²) in [5, 5.41) is 4.59. The van der Waals surface area contributed by atoms with Crippen molar-refractivity contribution in [2.45, 2.75) is 25.8 Å². The summed E-state index contributed by atoms with van der Waals surface area (Å²) >= 11 is 6.06. The lowest BCUT2D eigenvalue weighted by molar-refractivity contribution is 0.310. The van der Waals surface area contributed by atoms with Gasteiger partial charge in [-0.15, -0.1) is 0 Å². The number of benzene rings is 1. The van der Waals surface area contributed by atoms with E-state index in [2.05, 4.69) is 10.1 Å². The number of hydrogen-bond acceptors (Lipinski definition) is 4. The smallest absolute Gasteiger partial charge is 0.246 e. The highest BCUT2D eigenvalue weighted by Crippen LogP contribution is 2.19. The molecule has 2 rings (SSSR count). The third-order valence-electron chi connectivity index (χ3n) is 2.33. The molecule has 0 amide bonds. The molecule has 2 aromatic rings. The number of hydrogen-bond donors (Lipinski definition) is 1. The third kappa shape index (κ3) is 2.84. The van der Waals surface area contributed by atoms with Crippen LogP contribution in [0.2, 0.25) is 5.02 Å². The van der Waals surface area contributed by atoms with Gasteiger partial charge in [-0.25, -0.2) is 0 Å². The molecule has 1 aromatic heterocycles. The van der Waals surface area contributed by atoms with Crippen LogP contribution in [-0.2, 0) is 12.0 Å². The predicted octanol–water partition coefficient (Wildman–Crippen LogP) is 2.51. The van der Waals surface area contributed by atoms with E-state index in [0.717, 1.165) is 5.56 Å². The van der Waals surface area contributed by atoms with Crippen LogP contribution in [0.3, 0.4) is 0 Å². The van der Waals surface area contributed by atoms with E-state index in [0.29, 0.717) is 23.2 Å². The Morgan fingerprint density at radius 2 is 2.06 bits per heavy atom. The highest BCUT2D eigenvalue weighted by Gasteiger charge is 2.22. The first-order chi connectivity index (χ1) is 7.97. The second-order valence-corrected chi connectivity index (χ2v) is 4.91. The van der Waals surface area contributed by atoms with E-state index in [1.165, 1.54) is 0 Å². The molecule has 0 atom stereocenters. The minimum atomic E-state index is -0.619. The van der Waals surface area contributed by atoms with E-state index in [1.54, 1.807) is 0 Å². The lowest BCUT2D eigenvalue weighted by Crippen LogP contribution is -2.29.